The third-order valence-corrected chi connectivity index (χ3v) is 3.99. The first-order chi connectivity index (χ1) is 10.3. The van der Waals surface area contributed by atoms with E-state index in [9.17, 15) is 0 Å². The molecule has 0 aliphatic heterocycles. The lowest BCUT2D eigenvalue weighted by atomic mass is 10.1. The summed E-state index contributed by atoms with van der Waals surface area (Å²) < 4.78 is 5.29. The standard InChI is InChI=1S/C16H16N4O/c1-10-7-14(19-18-10)16-17-15(20-21-16)9-12-8-13(12)11-5-3-2-4-6-11/h2-7,12-13H,8-9H2,1H3,(H,18,19). The van der Waals surface area contributed by atoms with Crippen LogP contribution in [0.2, 0.25) is 0 Å². The fourth-order valence-electron chi connectivity index (χ4n) is 2.78. The number of aromatic nitrogens is 4. The van der Waals surface area contributed by atoms with Gasteiger partial charge in [-0.15, -0.1) is 0 Å². The van der Waals surface area contributed by atoms with E-state index in [0.717, 1.165) is 17.9 Å². The van der Waals surface area contributed by atoms with E-state index in [1.54, 1.807) is 0 Å². The van der Waals surface area contributed by atoms with E-state index in [-0.39, 0.29) is 0 Å². The van der Waals surface area contributed by atoms with Crippen LogP contribution < -0.4 is 0 Å². The normalized spacial score (nSPS) is 20.6. The molecule has 5 heteroatoms. The monoisotopic (exact) mass is 280 g/mol. The molecule has 3 aromatic rings. The highest BCUT2D eigenvalue weighted by Gasteiger charge is 2.39. The van der Waals surface area contributed by atoms with E-state index < -0.39 is 0 Å². The van der Waals surface area contributed by atoms with Crippen molar-refractivity contribution in [2.75, 3.05) is 0 Å². The van der Waals surface area contributed by atoms with E-state index in [2.05, 4.69) is 50.7 Å². The summed E-state index contributed by atoms with van der Waals surface area (Å²) in [6, 6.07) is 12.5. The Bertz CT molecular complexity index is 746. The number of benzene rings is 1. The summed E-state index contributed by atoms with van der Waals surface area (Å²) in [5.74, 6) is 2.53. The zero-order valence-electron chi connectivity index (χ0n) is 11.8. The van der Waals surface area contributed by atoms with E-state index in [1.165, 1.54) is 12.0 Å². The van der Waals surface area contributed by atoms with Crippen LogP contribution in [0.5, 0.6) is 0 Å². The van der Waals surface area contributed by atoms with Crippen LogP contribution in [0.1, 0.15) is 29.4 Å². The Kier molecular flexibility index (Phi) is 2.84. The van der Waals surface area contributed by atoms with Gasteiger partial charge in [0.05, 0.1) is 0 Å². The van der Waals surface area contributed by atoms with Crippen molar-refractivity contribution in [2.45, 2.75) is 25.7 Å². The Hall–Kier alpha value is -2.43. The topological polar surface area (TPSA) is 67.6 Å². The zero-order chi connectivity index (χ0) is 14.2. The average Bonchev–Trinajstić information content (AvgIpc) is 2.89. The molecule has 106 valence electrons. The number of hydrogen-bond donors (Lipinski definition) is 1. The molecule has 0 saturated heterocycles. The van der Waals surface area contributed by atoms with Crippen molar-refractivity contribution in [3.63, 3.8) is 0 Å². The molecule has 2 atom stereocenters. The number of H-pyrrole nitrogens is 1. The van der Waals surface area contributed by atoms with Gasteiger partial charge in [-0.3, -0.25) is 5.10 Å². The number of hydrogen-bond acceptors (Lipinski definition) is 4. The Labute approximate surface area is 122 Å². The van der Waals surface area contributed by atoms with Gasteiger partial charge in [-0.2, -0.15) is 10.1 Å². The maximum absolute atomic E-state index is 5.29. The summed E-state index contributed by atoms with van der Waals surface area (Å²) in [6.07, 6.45) is 2.07. The van der Waals surface area contributed by atoms with Crippen LogP contribution in [0.3, 0.4) is 0 Å². The molecule has 5 nitrogen and oxygen atoms in total. The summed E-state index contributed by atoms with van der Waals surface area (Å²) in [5.41, 5.74) is 3.10. The van der Waals surface area contributed by atoms with E-state index in [4.69, 9.17) is 4.52 Å². The smallest absolute Gasteiger partial charge is 0.278 e. The third kappa shape index (κ3) is 2.46. The van der Waals surface area contributed by atoms with Crippen LogP contribution in [0, 0.1) is 12.8 Å². The Morgan fingerprint density at radius 2 is 2.14 bits per heavy atom. The SMILES string of the molecule is Cc1cc(-c2nc(CC3CC3c3ccccc3)no2)n[nH]1. The van der Waals surface area contributed by atoms with Gasteiger partial charge in [0.2, 0.25) is 0 Å². The largest absolute Gasteiger partial charge is 0.332 e. The molecule has 2 aromatic heterocycles. The second kappa shape index (κ2) is 4.84. The second-order valence-electron chi connectivity index (χ2n) is 5.67. The summed E-state index contributed by atoms with van der Waals surface area (Å²) in [7, 11) is 0. The summed E-state index contributed by atoms with van der Waals surface area (Å²) in [5, 5.41) is 11.1. The maximum Gasteiger partial charge on any atom is 0.278 e. The summed E-state index contributed by atoms with van der Waals surface area (Å²) in [4.78, 5) is 4.44. The Morgan fingerprint density at radius 1 is 1.29 bits per heavy atom. The molecule has 1 fully saturated rings. The Balaban J connectivity index is 1.44. The molecular formula is C16H16N4O. The van der Waals surface area contributed by atoms with Gasteiger partial charge in [0, 0.05) is 12.1 Å². The van der Waals surface area contributed by atoms with Gasteiger partial charge >= 0.3 is 0 Å². The molecule has 2 unspecified atom stereocenters. The number of nitrogens with one attached hydrogen (secondary N) is 1. The van der Waals surface area contributed by atoms with Gasteiger partial charge in [0.15, 0.2) is 11.5 Å². The molecule has 1 saturated carbocycles. The number of rotatable bonds is 4. The lowest BCUT2D eigenvalue weighted by molar-refractivity contribution is 0.419. The Morgan fingerprint density at radius 3 is 2.90 bits per heavy atom. The zero-order valence-corrected chi connectivity index (χ0v) is 11.8. The van der Waals surface area contributed by atoms with Crippen LogP contribution in [-0.2, 0) is 6.42 Å². The predicted molar refractivity (Wildman–Crippen MR) is 77.6 cm³/mol. The molecule has 1 aromatic carbocycles. The maximum atomic E-state index is 5.29. The first-order valence-electron chi connectivity index (χ1n) is 7.19. The van der Waals surface area contributed by atoms with Crippen LogP contribution in [0.15, 0.2) is 40.9 Å². The molecule has 4 rings (SSSR count). The van der Waals surface area contributed by atoms with Gasteiger partial charge < -0.3 is 4.52 Å². The predicted octanol–water partition coefficient (Wildman–Crippen LogP) is 3.11. The van der Waals surface area contributed by atoms with Crippen molar-refractivity contribution in [1.29, 1.82) is 0 Å². The second-order valence-corrected chi connectivity index (χ2v) is 5.67. The molecule has 0 amide bonds. The van der Waals surface area contributed by atoms with Gasteiger partial charge in [-0.05, 0) is 36.8 Å². The van der Waals surface area contributed by atoms with Crippen molar-refractivity contribution in [3.8, 4) is 11.6 Å². The van der Waals surface area contributed by atoms with Crippen LogP contribution >= 0.6 is 0 Å². The first kappa shape index (κ1) is 12.3. The van der Waals surface area contributed by atoms with Gasteiger partial charge in [-0.25, -0.2) is 0 Å². The average molecular weight is 280 g/mol. The van der Waals surface area contributed by atoms with E-state index in [0.29, 0.717) is 23.4 Å². The lowest BCUT2D eigenvalue weighted by Crippen LogP contribution is -1.92. The molecule has 1 aliphatic rings. The fourth-order valence-corrected chi connectivity index (χ4v) is 2.78. The van der Waals surface area contributed by atoms with Crippen LogP contribution in [0.25, 0.3) is 11.6 Å². The van der Waals surface area contributed by atoms with Crippen LogP contribution in [-0.4, -0.2) is 20.3 Å². The summed E-state index contributed by atoms with van der Waals surface area (Å²) in [6.45, 7) is 1.95. The van der Waals surface area contributed by atoms with Crippen molar-refractivity contribution in [3.05, 3.63) is 53.5 Å². The summed E-state index contributed by atoms with van der Waals surface area (Å²) >= 11 is 0. The minimum absolute atomic E-state index is 0.492. The van der Waals surface area contributed by atoms with Crippen LogP contribution in [0.4, 0.5) is 0 Å². The fraction of sp³-hybridized carbons (Fsp3) is 0.312. The van der Waals surface area contributed by atoms with Crippen molar-refractivity contribution >= 4 is 0 Å². The van der Waals surface area contributed by atoms with E-state index in [1.807, 2.05) is 13.0 Å². The van der Waals surface area contributed by atoms with Gasteiger partial charge in [0.25, 0.3) is 5.89 Å². The third-order valence-electron chi connectivity index (χ3n) is 3.99. The van der Waals surface area contributed by atoms with Crippen molar-refractivity contribution in [2.24, 2.45) is 5.92 Å². The molecule has 2 heterocycles. The highest BCUT2D eigenvalue weighted by atomic mass is 16.5. The lowest BCUT2D eigenvalue weighted by Gasteiger charge is -1.97. The minimum atomic E-state index is 0.492. The van der Waals surface area contributed by atoms with Crippen molar-refractivity contribution in [1.82, 2.24) is 20.3 Å². The van der Waals surface area contributed by atoms with Gasteiger partial charge in [-0.1, -0.05) is 35.5 Å². The minimum Gasteiger partial charge on any atom is -0.332 e. The number of aryl methyl sites for hydroxylation is 1. The van der Waals surface area contributed by atoms with Crippen molar-refractivity contribution < 1.29 is 4.52 Å². The molecule has 0 bridgehead atoms. The first-order valence-corrected chi connectivity index (χ1v) is 7.19. The molecule has 0 spiro atoms. The highest BCUT2D eigenvalue weighted by Crippen LogP contribution is 2.48. The molecule has 0 radical (unpaired) electrons. The molecule has 1 N–H and O–H groups in total. The number of aromatic amines is 1. The molecule has 1 aliphatic carbocycles. The number of nitrogens with zero attached hydrogens (tertiary/aromatic N) is 3. The van der Waals surface area contributed by atoms with E-state index >= 15 is 0 Å². The molecule has 21 heavy (non-hydrogen) atoms. The molecular weight excluding hydrogens is 264 g/mol. The van der Waals surface area contributed by atoms with Gasteiger partial charge in [0.1, 0.15) is 0 Å². The highest BCUT2D eigenvalue weighted by molar-refractivity contribution is 5.46. The quantitative estimate of drug-likeness (QED) is 0.797.